The van der Waals surface area contributed by atoms with E-state index in [0.29, 0.717) is 0 Å². The van der Waals surface area contributed by atoms with Crippen LogP contribution in [0.3, 0.4) is 0 Å². The van der Waals surface area contributed by atoms with E-state index in [9.17, 15) is 12.8 Å². The lowest BCUT2D eigenvalue weighted by Gasteiger charge is -2.06. The van der Waals surface area contributed by atoms with Gasteiger partial charge in [0.25, 0.3) is 16.0 Å². The third-order valence-electron chi connectivity index (χ3n) is 2.28. The molecule has 102 valence electrons. The van der Waals surface area contributed by atoms with Crippen LogP contribution in [0.5, 0.6) is 0 Å². The zero-order valence-corrected chi connectivity index (χ0v) is 10.7. The number of halogens is 1. The Labute approximate surface area is 108 Å². The first-order valence-corrected chi connectivity index (χ1v) is 6.66. The third kappa shape index (κ3) is 2.85. The Morgan fingerprint density at radius 1 is 1.47 bits per heavy atom. The van der Waals surface area contributed by atoms with Crippen molar-refractivity contribution in [1.29, 1.82) is 0 Å². The van der Waals surface area contributed by atoms with Gasteiger partial charge >= 0.3 is 0 Å². The summed E-state index contributed by atoms with van der Waals surface area (Å²) in [5.74, 6) is -0.722. The topological polar surface area (TPSA) is 116 Å². The van der Waals surface area contributed by atoms with Gasteiger partial charge in [-0.15, -0.1) is 5.10 Å². The Morgan fingerprint density at radius 3 is 2.79 bits per heavy atom. The van der Waals surface area contributed by atoms with E-state index in [4.69, 9.17) is 5.73 Å². The number of aryl methyl sites for hydroxylation is 1. The molecule has 0 atom stereocenters. The van der Waals surface area contributed by atoms with Crippen molar-refractivity contribution in [3.05, 3.63) is 29.6 Å². The van der Waals surface area contributed by atoms with Gasteiger partial charge in [-0.25, -0.2) is 17.5 Å². The van der Waals surface area contributed by atoms with Gasteiger partial charge < -0.3 is 5.73 Å². The highest BCUT2D eigenvalue weighted by Gasteiger charge is 2.18. The molecule has 8 nitrogen and oxygen atoms in total. The molecule has 10 heteroatoms. The summed E-state index contributed by atoms with van der Waals surface area (Å²) in [4.78, 5) is 0.982. The zero-order valence-electron chi connectivity index (χ0n) is 9.91. The van der Waals surface area contributed by atoms with Crippen molar-refractivity contribution in [2.45, 2.75) is 11.4 Å². The minimum atomic E-state index is -3.90. The second-order valence-electron chi connectivity index (χ2n) is 3.67. The molecule has 3 N–H and O–H groups in total. The van der Waals surface area contributed by atoms with Crippen molar-refractivity contribution >= 4 is 16.0 Å². The molecule has 0 radical (unpaired) electrons. The number of nitrogens with one attached hydrogen (secondary N) is 1. The number of nitrogens with zero attached hydrogens (tertiary/aromatic N) is 4. The number of sulfonamides is 1. The predicted molar refractivity (Wildman–Crippen MR) is 63.9 cm³/mol. The lowest BCUT2D eigenvalue weighted by atomic mass is 10.2. The average molecular weight is 286 g/mol. The molecule has 0 fully saturated rings. The maximum atomic E-state index is 13.3. The highest BCUT2D eigenvalue weighted by Crippen LogP contribution is 2.16. The van der Waals surface area contributed by atoms with E-state index in [0.717, 1.165) is 23.0 Å². The molecule has 2 rings (SSSR count). The number of benzene rings is 1. The van der Waals surface area contributed by atoms with Gasteiger partial charge in [-0.05, 0) is 23.4 Å². The SMILES string of the molecule is Cn1nnc(NS(=O)(=O)c2ccc(F)c(CN)c2)n1. The number of anilines is 1. The third-order valence-corrected chi connectivity index (χ3v) is 3.61. The maximum Gasteiger partial charge on any atom is 0.277 e. The maximum absolute atomic E-state index is 13.3. The van der Waals surface area contributed by atoms with Crippen LogP contribution in [-0.4, -0.2) is 28.6 Å². The molecular formula is C9H11FN6O2S. The zero-order chi connectivity index (χ0) is 14.0. The fraction of sp³-hybridized carbons (Fsp3) is 0.222. The molecular weight excluding hydrogens is 275 g/mol. The molecule has 0 unspecified atom stereocenters. The fourth-order valence-corrected chi connectivity index (χ4v) is 2.36. The lowest BCUT2D eigenvalue weighted by molar-refractivity contribution is 0.596. The normalized spacial score (nSPS) is 11.5. The Hall–Kier alpha value is -2.07. The van der Waals surface area contributed by atoms with Crippen LogP contribution in [-0.2, 0) is 23.6 Å². The molecule has 0 amide bonds. The van der Waals surface area contributed by atoms with Crippen molar-refractivity contribution in [2.24, 2.45) is 12.8 Å². The number of rotatable bonds is 4. The molecule has 19 heavy (non-hydrogen) atoms. The second-order valence-corrected chi connectivity index (χ2v) is 5.35. The van der Waals surface area contributed by atoms with Crippen molar-refractivity contribution < 1.29 is 12.8 Å². The molecule has 0 aliphatic heterocycles. The molecule has 1 aromatic heterocycles. The average Bonchev–Trinajstić information content (AvgIpc) is 2.74. The molecule has 2 aromatic rings. The van der Waals surface area contributed by atoms with Crippen LogP contribution in [0.2, 0.25) is 0 Å². The summed E-state index contributed by atoms with van der Waals surface area (Å²) < 4.78 is 39.4. The number of hydrogen-bond donors (Lipinski definition) is 2. The van der Waals surface area contributed by atoms with Crippen molar-refractivity contribution in [3.63, 3.8) is 0 Å². The van der Waals surface area contributed by atoms with Gasteiger partial charge in [0.1, 0.15) is 5.82 Å². The summed E-state index contributed by atoms with van der Waals surface area (Å²) in [7, 11) is -2.40. The van der Waals surface area contributed by atoms with Gasteiger partial charge in [0.15, 0.2) is 0 Å². The van der Waals surface area contributed by atoms with E-state index >= 15 is 0 Å². The largest absolute Gasteiger partial charge is 0.326 e. The van der Waals surface area contributed by atoms with Crippen LogP contribution < -0.4 is 10.5 Å². The number of nitrogens with two attached hydrogens (primary N) is 1. The van der Waals surface area contributed by atoms with Gasteiger partial charge in [0.2, 0.25) is 0 Å². The van der Waals surface area contributed by atoms with Crippen LogP contribution in [0.15, 0.2) is 23.1 Å². The van der Waals surface area contributed by atoms with Gasteiger partial charge in [0, 0.05) is 12.1 Å². The first-order valence-electron chi connectivity index (χ1n) is 5.17. The Morgan fingerprint density at radius 2 is 2.21 bits per heavy atom. The summed E-state index contributed by atoms with van der Waals surface area (Å²) in [5, 5.41) is 10.7. The van der Waals surface area contributed by atoms with Gasteiger partial charge in [0.05, 0.1) is 11.9 Å². The van der Waals surface area contributed by atoms with Gasteiger partial charge in [-0.3, -0.25) is 0 Å². The lowest BCUT2D eigenvalue weighted by Crippen LogP contribution is -2.15. The second kappa shape index (κ2) is 4.90. The van der Waals surface area contributed by atoms with E-state index in [2.05, 4.69) is 20.1 Å². The molecule has 0 spiro atoms. The Bertz CT molecular complexity index is 698. The number of hydrogen-bond acceptors (Lipinski definition) is 6. The monoisotopic (exact) mass is 286 g/mol. The molecule has 0 aliphatic carbocycles. The van der Waals surface area contributed by atoms with Crippen molar-refractivity contribution in [1.82, 2.24) is 20.2 Å². The van der Waals surface area contributed by atoms with Crippen LogP contribution in [0.4, 0.5) is 10.3 Å². The molecule has 0 saturated heterocycles. The standard InChI is InChI=1S/C9H11FN6O2S/c1-16-13-9(12-15-16)14-19(17,18)7-2-3-8(10)6(4-7)5-11/h2-4H,5,11H2,1H3,(H,13,14). The van der Waals surface area contributed by atoms with Gasteiger partial charge in [-0.1, -0.05) is 5.10 Å². The molecule has 1 aromatic carbocycles. The first kappa shape index (κ1) is 13.4. The van der Waals surface area contributed by atoms with Crippen LogP contribution >= 0.6 is 0 Å². The summed E-state index contributed by atoms with van der Waals surface area (Å²) >= 11 is 0. The van der Waals surface area contributed by atoms with Crippen molar-refractivity contribution in [2.75, 3.05) is 4.72 Å². The summed E-state index contributed by atoms with van der Waals surface area (Å²) in [5.41, 5.74) is 5.43. The number of tetrazole rings is 1. The quantitative estimate of drug-likeness (QED) is 0.790. The molecule has 0 aliphatic rings. The van der Waals surface area contributed by atoms with E-state index in [1.54, 1.807) is 0 Å². The summed E-state index contributed by atoms with van der Waals surface area (Å²) in [6.07, 6.45) is 0. The van der Waals surface area contributed by atoms with Gasteiger partial charge in [-0.2, -0.15) is 4.80 Å². The molecule has 0 bridgehead atoms. The minimum Gasteiger partial charge on any atom is -0.326 e. The Kier molecular flexibility index (Phi) is 3.44. The fourth-order valence-electron chi connectivity index (χ4n) is 1.38. The summed E-state index contributed by atoms with van der Waals surface area (Å²) in [6.45, 7) is -0.0986. The Balaban J connectivity index is 2.34. The number of aromatic nitrogens is 4. The highest BCUT2D eigenvalue weighted by atomic mass is 32.2. The van der Waals surface area contributed by atoms with Crippen molar-refractivity contribution in [3.8, 4) is 0 Å². The van der Waals surface area contributed by atoms with E-state index in [-0.39, 0.29) is 23.0 Å². The van der Waals surface area contributed by atoms with E-state index in [1.165, 1.54) is 7.05 Å². The van der Waals surface area contributed by atoms with Crippen LogP contribution in [0, 0.1) is 5.82 Å². The van der Waals surface area contributed by atoms with Crippen LogP contribution in [0.1, 0.15) is 5.56 Å². The molecule has 1 heterocycles. The van der Waals surface area contributed by atoms with Crippen LogP contribution in [0.25, 0.3) is 0 Å². The smallest absolute Gasteiger partial charge is 0.277 e. The molecule has 0 saturated carbocycles. The predicted octanol–water partition coefficient (Wildman–Crippen LogP) is -0.391. The highest BCUT2D eigenvalue weighted by molar-refractivity contribution is 7.92. The first-order chi connectivity index (χ1) is 8.92. The van der Waals surface area contributed by atoms with E-state index in [1.807, 2.05) is 0 Å². The summed E-state index contributed by atoms with van der Waals surface area (Å²) in [6, 6.07) is 3.34. The van der Waals surface area contributed by atoms with E-state index < -0.39 is 15.8 Å². The minimum absolute atomic E-state index is 0.0986.